The Bertz CT molecular complexity index is 991. The van der Waals surface area contributed by atoms with Gasteiger partial charge in [0.1, 0.15) is 11.5 Å². The molecule has 3 N–H and O–H groups in total. The van der Waals surface area contributed by atoms with Gasteiger partial charge in [0.2, 0.25) is 0 Å². The molecule has 4 rings (SSSR count). The third kappa shape index (κ3) is 3.57. The maximum Gasteiger partial charge on any atom is 0.158 e. The first-order valence-electron chi connectivity index (χ1n) is 9.51. The Kier molecular flexibility index (Phi) is 4.55. The highest BCUT2D eigenvalue weighted by Crippen LogP contribution is 2.31. The van der Waals surface area contributed by atoms with Crippen LogP contribution in [0.15, 0.2) is 42.7 Å². The first-order valence-corrected chi connectivity index (χ1v) is 9.51. The van der Waals surface area contributed by atoms with Crippen molar-refractivity contribution in [3.63, 3.8) is 0 Å². The molecule has 1 atom stereocenters. The summed E-state index contributed by atoms with van der Waals surface area (Å²) in [6.45, 7) is 5.43. The van der Waals surface area contributed by atoms with Crippen LogP contribution in [-0.2, 0) is 7.05 Å². The van der Waals surface area contributed by atoms with E-state index >= 15 is 0 Å². The summed E-state index contributed by atoms with van der Waals surface area (Å²) in [6.07, 6.45) is 4.58. The van der Waals surface area contributed by atoms with E-state index in [9.17, 15) is 5.11 Å². The van der Waals surface area contributed by atoms with Crippen LogP contribution in [-0.4, -0.2) is 43.3 Å². The SMILES string of the molecule is Cn1ccnc1-c1cc(N)cc(-c2cccc(N3CCC(C(C)(C)O)C3)n2)n1. The molecule has 0 bridgehead atoms. The molecular formula is C21H26N6O. The lowest BCUT2D eigenvalue weighted by atomic mass is 9.90. The molecular weight excluding hydrogens is 352 g/mol. The van der Waals surface area contributed by atoms with E-state index in [1.54, 1.807) is 6.20 Å². The molecule has 1 aliphatic rings. The van der Waals surface area contributed by atoms with Crippen LogP contribution in [0.2, 0.25) is 0 Å². The Hall–Kier alpha value is -2.93. The molecule has 7 nitrogen and oxygen atoms in total. The van der Waals surface area contributed by atoms with E-state index in [2.05, 4.69) is 9.88 Å². The first-order chi connectivity index (χ1) is 13.3. The van der Waals surface area contributed by atoms with Gasteiger partial charge >= 0.3 is 0 Å². The van der Waals surface area contributed by atoms with Crippen molar-refractivity contribution in [1.82, 2.24) is 19.5 Å². The third-order valence-corrected chi connectivity index (χ3v) is 5.41. The van der Waals surface area contributed by atoms with Crippen molar-refractivity contribution in [3.8, 4) is 22.9 Å². The topological polar surface area (TPSA) is 93.1 Å². The van der Waals surface area contributed by atoms with Crippen LogP contribution in [0, 0.1) is 5.92 Å². The van der Waals surface area contributed by atoms with Crippen LogP contribution >= 0.6 is 0 Å². The van der Waals surface area contributed by atoms with E-state index in [1.807, 2.05) is 62.0 Å². The first kappa shape index (κ1) is 18.4. The van der Waals surface area contributed by atoms with Crippen LogP contribution in [0.3, 0.4) is 0 Å². The van der Waals surface area contributed by atoms with Crippen molar-refractivity contribution >= 4 is 11.5 Å². The average molecular weight is 378 g/mol. The Balaban J connectivity index is 1.65. The highest BCUT2D eigenvalue weighted by atomic mass is 16.3. The van der Waals surface area contributed by atoms with Gasteiger partial charge in [0.25, 0.3) is 0 Å². The van der Waals surface area contributed by atoms with Gasteiger partial charge in [-0.1, -0.05) is 6.07 Å². The van der Waals surface area contributed by atoms with Gasteiger partial charge in [-0.05, 0) is 44.5 Å². The fourth-order valence-electron chi connectivity index (χ4n) is 3.70. The quantitative estimate of drug-likeness (QED) is 0.725. The molecule has 28 heavy (non-hydrogen) atoms. The lowest BCUT2D eigenvalue weighted by Gasteiger charge is -2.26. The van der Waals surface area contributed by atoms with E-state index in [1.165, 1.54) is 0 Å². The molecule has 0 amide bonds. The average Bonchev–Trinajstić information content (AvgIpc) is 3.30. The molecule has 146 valence electrons. The predicted molar refractivity (Wildman–Crippen MR) is 111 cm³/mol. The summed E-state index contributed by atoms with van der Waals surface area (Å²) < 4.78 is 1.91. The number of nitrogens with two attached hydrogens (primary N) is 1. The van der Waals surface area contributed by atoms with Crippen LogP contribution in [0.1, 0.15) is 20.3 Å². The number of nitrogen functional groups attached to an aromatic ring is 1. The van der Waals surface area contributed by atoms with Gasteiger partial charge < -0.3 is 20.3 Å². The molecule has 1 fully saturated rings. The largest absolute Gasteiger partial charge is 0.399 e. The lowest BCUT2D eigenvalue weighted by molar-refractivity contribution is 0.0263. The van der Waals surface area contributed by atoms with Crippen molar-refractivity contribution < 1.29 is 5.11 Å². The van der Waals surface area contributed by atoms with Crippen molar-refractivity contribution in [1.29, 1.82) is 0 Å². The fraction of sp³-hybridized carbons (Fsp3) is 0.381. The number of imidazole rings is 1. The summed E-state index contributed by atoms with van der Waals surface area (Å²) >= 11 is 0. The Morgan fingerprint density at radius 1 is 1.14 bits per heavy atom. The molecule has 0 radical (unpaired) electrons. The van der Waals surface area contributed by atoms with Crippen molar-refractivity contribution in [2.75, 3.05) is 23.7 Å². The maximum absolute atomic E-state index is 10.3. The van der Waals surface area contributed by atoms with E-state index in [4.69, 9.17) is 15.7 Å². The third-order valence-electron chi connectivity index (χ3n) is 5.41. The molecule has 7 heteroatoms. The summed E-state index contributed by atoms with van der Waals surface area (Å²) in [7, 11) is 1.93. The van der Waals surface area contributed by atoms with Crippen LogP contribution < -0.4 is 10.6 Å². The molecule has 0 spiro atoms. The Labute approximate surface area is 164 Å². The number of pyridine rings is 2. The Morgan fingerprint density at radius 2 is 1.93 bits per heavy atom. The highest BCUT2D eigenvalue weighted by Gasteiger charge is 2.34. The zero-order valence-corrected chi connectivity index (χ0v) is 16.5. The van der Waals surface area contributed by atoms with Crippen molar-refractivity contribution in [2.24, 2.45) is 13.0 Å². The van der Waals surface area contributed by atoms with Crippen LogP contribution in [0.4, 0.5) is 11.5 Å². The minimum atomic E-state index is -0.682. The summed E-state index contributed by atoms with van der Waals surface area (Å²) in [6, 6.07) is 9.59. The second-order valence-corrected chi connectivity index (χ2v) is 8.00. The number of anilines is 2. The maximum atomic E-state index is 10.3. The number of rotatable bonds is 4. The number of aryl methyl sites for hydroxylation is 1. The normalized spacial score (nSPS) is 17.3. The van der Waals surface area contributed by atoms with Gasteiger partial charge in [0, 0.05) is 44.1 Å². The van der Waals surface area contributed by atoms with Crippen molar-refractivity contribution in [3.05, 3.63) is 42.7 Å². The fourth-order valence-corrected chi connectivity index (χ4v) is 3.70. The van der Waals surface area contributed by atoms with Crippen LogP contribution in [0.5, 0.6) is 0 Å². The number of hydrogen-bond acceptors (Lipinski definition) is 6. The summed E-state index contributed by atoms with van der Waals surface area (Å²) in [5, 5.41) is 10.3. The number of aliphatic hydroxyl groups is 1. The summed E-state index contributed by atoms with van der Waals surface area (Å²) in [4.78, 5) is 16.2. The zero-order chi connectivity index (χ0) is 19.9. The second kappa shape index (κ2) is 6.91. The smallest absolute Gasteiger partial charge is 0.158 e. The molecule has 1 aliphatic heterocycles. The van der Waals surface area contributed by atoms with Gasteiger partial charge in [-0.25, -0.2) is 15.0 Å². The minimum absolute atomic E-state index is 0.235. The minimum Gasteiger partial charge on any atom is -0.399 e. The van der Waals surface area contributed by atoms with Gasteiger partial charge in [0.15, 0.2) is 5.82 Å². The summed E-state index contributed by atoms with van der Waals surface area (Å²) in [5.74, 6) is 1.89. The number of nitrogens with zero attached hydrogens (tertiary/aromatic N) is 5. The van der Waals surface area contributed by atoms with Gasteiger partial charge in [0.05, 0.1) is 17.0 Å². The van der Waals surface area contributed by atoms with E-state index in [-0.39, 0.29) is 5.92 Å². The van der Waals surface area contributed by atoms with Crippen LogP contribution in [0.25, 0.3) is 22.9 Å². The van der Waals surface area contributed by atoms with Crippen molar-refractivity contribution in [2.45, 2.75) is 25.9 Å². The highest BCUT2D eigenvalue weighted by molar-refractivity contribution is 5.67. The second-order valence-electron chi connectivity index (χ2n) is 8.00. The van der Waals surface area contributed by atoms with Gasteiger partial charge in [-0.2, -0.15) is 0 Å². The molecule has 1 saturated heterocycles. The van der Waals surface area contributed by atoms with Gasteiger partial charge in [-0.15, -0.1) is 0 Å². The molecule has 0 aromatic carbocycles. The molecule has 4 heterocycles. The standard InChI is InChI=1S/C21H26N6O/c1-21(2,28)14-7-9-27(13-14)19-6-4-5-16(25-19)17-11-15(22)12-18(24-17)20-23-8-10-26(20)3/h4-6,8,10-12,14,28H,7,9,13H2,1-3H3,(H2,22,24). The zero-order valence-electron chi connectivity index (χ0n) is 16.5. The van der Waals surface area contributed by atoms with E-state index in [0.717, 1.165) is 48.2 Å². The molecule has 0 aliphatic carbocycles. The molecule has 1 unspecified atom stereocenters. The molecule has 0 saturated carbocycles. The molecule has 3 aromatic heterocycles. The van der Waals surface area contributed by atoms with E-state index in [0.29, 0.717) is 5.69 Å². The Morgan fingerprint density at radius 3 is 2.61 bits per heavy atom. The monoisotopic (exact) mass is 378 g/mol. The lowest BCUT2D eigenvalue weighted by Crippen LogP contribution is -2.33. The summed E-state index contributed by atoms with van der Waals surface area (Å²) in [5.41, 5.74) is 8.29. The number of aromatic nitrogens is 4. The predicted octanol–water partition coefficient (Wildman–Crippen LogP) is 2.72. The molecule has 3 aromatic rings. The van der Waals surface area contributed by atoms with Gasteiger partial charge in [-0.3, -0.25) is 0 Å². The van der Waals surface area contributed by atoms with E-state index < -0.39 is 5.60 Å². The number of hydrogen-bond donors (Lipinski definition) is 2.